The van der Waals surface area contributed by atoms with Gasteiger partial charge in [-0.1, -0.05) is 31.2 Å². The smallest absolute Gasteiger partial charge is 0.123 e. The van der Waals surface area contributed by atoms with Crippen molar-refractivity contribution in [1.29, 1.82) is 0 Å². The average Bonchev–Trinajstić information content (AvgIpc) is 2.57. The Hall–Kier alpha value is -1.91. The first-order chi connectivity index (χ1) is 11.1. The lowest BCUT2D eigenvalue weighted by Crippen LogP contribution is -2.31. The van der Waals surface area contributed by atoms with Crippen LogP contribution in [0.15, 0.2) is 48.5 Å². The summed E-state index contributed by atoms with van der Waals surface area (Å²) >= 11 is 0. The van der Waals surface area contributed by atoms with E-state index in [1.807, 2.05) is 31.2 Å². The second-order valence-electron chi connectivity index (χ2n) is 5.71. The topological polar surface area (TPSA) is 32.7 Å². The molecule has 0 fully saturated rings. The zero-order valence-corrected chi connectivity index (χ0v) is 13.7. The van der Waals surface area contributed by atoms with Gasteiger partial charge in [0.2, 0.25) is 0 Å². The maximum atomic E-state index is 13.0. The molecule has 0 saturated carbocycles. The Kier molecular flexibility index (Phi) is 6.56. The van der Waals surface area contributed by atoms with Gasteiger partial charge in [0.15, 0.2) is 0 Å². The van der Waals surface area contributed by atoms with Gasteiger partial charge in [-0.05, 0) is 41.8 Å². The van der Waals surface area contributed by atoms with E-state index in [-0.39, 0.29) is 11.9 Å². The molecule has 0 spiro atoms. The summed E-state index contributed by atoms with van der Waals surface area (Å²) in [5, 5.41) is 9.99. The minimum atomic E-state index is -0.367. The lowest BCUT2D eigenvalue weighted by atomic mass is 10.1. The summed E-state index contributed by atoms with van der Waals surface area (Å²) in [6.45, 7) is 3.94. The van der Waals surface area contributed by atoms with Gasteiger partial charge < -0.3 is 9.84 Å². The minimum Gasteiger partial charge on any atom is -0.497 e. The number of hydrogen-bond donors (Lipinski definition) is 1. The number of hydrogen-bond acceptors (Lipinski definition) is 3. The van der Waals surface area contributed by atoms with E-state index < -0.39 is 0 Å². The molecule has 1 N–H and O–H groups in total. The molecule has 0 radical (unpaired) electrons. The maximum Gasteiger partial charge on any atom is 0.123 e. The zero-order chi connectivity index (χ0) is 16.7. The Labute approximate surface area is 137 Å². The number of nitrogens with zero attached hydrogens (tertiary/aromatic N) is 1. The Bertz CT molecular complexity index is 583. The molecule has 4 heteroatoms. The lowest BCUT2D eigenvalue weighted by Gasteiger charge is -2.25. The summed E-state index contributed by atoms with van der Waals surface area (Å²) in [4.78, 5) is 2.17. The van der Waals surface area contributed by atoms with E-state index in [1.165, 1.54) is 12.1 Å². The highest BCUT2D eigenvalue weighted by atomic mass is 19.1. The summed E-state index contributed by atoms with van der Waals surface area (Å²) in [5.74, 6) is 0.594. The number of halogens is 1. The van der Waals surface area contributed by atoms with Gasteiger partial charge in [-0.15, -0.1) is 0 Å². The van der Waals surface area contributed by atoms with Gasteiger partial charge in [-0.25, -0.2) is 4.39 Å². The summed E-state index contributed by atoms with van der Waals surface area (Å²) in [6.07, 6.45) is 0.344. The third-order valence-corrected chi connectivity index (χ3v) is 3.82. The standard InChI is InChI=1S/C19H24FNO2/c1-3-18(22)14-21(12-15-4-8-17(20)9-5-15)13-16-6-10-19(23-2)11-7-16/h4-11,18,22H,3,12-14H2,1-2H3/t18-/m0/s1. The molecular formula is C19H24FNO2. The lowest BCUT2D eigenvalue weighted by molar-refractivity contribution is 0.101. The van der Waals surface area contributed by atoms with Gasteiger partial charge in [0, 0.05) is 19.6 Å². The molecular weight excluding hydrogens is 293 g/mol. The average molecular weight is 317 g/mol. The molecule has 0 aromatic heterocycles. The van der Waals surface area contributed by atoms with Crippen molar-refractivity contribution in [1.82, 2.24) is 4.90 Å². The molecule has 0 amide bonds. The van der Waals surface area contributed by atoms with Gasteiger partial charge >= 0.3 is 0 Å². The molecule has 124 valence electrons. The highest BCUT2D eigenvalue weighted by Gasteiger charge is 2.12. The van der Waals surface area contributed by atoms with E-state index in [1.54, 1.807) is 19.2 Å². The molecule has 0 saturated heterocycles. The summed E-state index contributed by atoms with van der Waals surface area (Å²) in [5.41, 5.74) is 2.18. The van der Waals surface area contributed by atoms with Gasteiger partial charge in [0.25, 0.3) is 0 Å². The SMILES string of the molecule is CC[C@H](O)CN(Cc1ccc(F)cc1)Cc1ccc(OC)cc1. The molecule has 2 aromatic rings. The van der Waals surface area contributed by atoms with Crippen LogP contribution >= 0.6 is 0 Å². The van der Waals surface area contributed by atoms with Crippen LogP contribution in [0.4, 0.5) is 4.39 Å². The molecule has 23 heavy (non-hydrogen) atoms. The molecule has 2 aromatic carbocycles. The van der Waals surface area contributed by atoms with Crippen LogP contribution in [0, 0.1) is 5.82 Å². The fourth-order valence-electron chi connectivity index (χ4n) is 2.45. The fraction of sp³-hybridized carbons (Fsp3) is 0.368. The van der Waals surface area contributed by atoms with Crippen molar-refractivity contribution >= 4 is 0 Å². The van der Waals surface area contributed by atoms with E-state index >= 15 is 0 Å². The molecule has 3 nitrogen and oxygen atoms in total. The summed E-state index contributed by atoms with van der Waals surface area (Å²) < 4.78 is 18.2. The van der Waals surface area contributed by atoms with Crippen LogP contribution in [0.3, 0.4) is 0 Å². The van der Waals surface area contributed by atoms with E-state index in [0.717, 1.165) is 23.4 Å². The van der Waals surface area contributed by atoms with E-state index in [2.05, 4.69) is 4.90 Å². The van der Waals surface area contributed by atoms with Crippen LogP contribution in [0.2, 0.25) is 0 Å². The first-order valence-electron chi connectivity index (χ1n) is 7.88. The largest absolute Gasteiger partial charge is 0.497 e. The third-order valence-electron chi connectivity index (χ3n) is 3.82. The molecule has 0 aliphatic carbocycles. The highest BCUT2D eigenvalue weighted by molar-refractivity contribution is 5.27. The fourth-order valence-corrected chi connectivity index (χ4v) is 2.45. The number of aliphatic hydroxyl groups is 1. The van der Waals surface area contributed by atoms with Gasteiger partial charge in [0.1, 0.15) is 11.6 Å². The first kappa shape index (κ1) is 17.4. The summed E-state index contributed by atoms with van der Waals surface area (Å²) in [7, 11) is 1.65. The number of aliphatic hydroxyl groups excluding tert-OH is 1. The van der Waals surface area contributed by atoms with Crippen LogP contribution < -0.4 is 4.74 Å². The molecule has 0 bridgehead atoms. The first-order valence-corrected chi connectivity index (χ1v) is 7.88. The van der Waals surface area contributed by atoms with Crippen molar-refractivity contribution < 1.29 is 14.2 Å². The highest BCUT2D eigenvalue weighted by Crippen LogP contribution is 2.15. The monoisotopic (exact) mass is 317 g/mol. The van der Waals surface area contributed by atoms with Crippen LogP contribution in [0.5, 0.6) is 5.75 Å². The van der Waals surface area contributed by atoms with Crippen molar-refractivity contribution in [2.75, 3.05) is 13.7 Å². The predicted molar refractivity (Wildman–Crippen MR) is 89.8 cm³/mol. The molecule has 0 heterocycles. The summed E-state index contributed by atoms with van der Waals surface area (Å²) in [6, 6.07) is 14.4. The van der Waals surface area contributed by atoms with Gasteiger partial charge in [-0.3, -0.25) is 4.90 Å². The normalized spacial score (nSPS) is 12.4. The van der Waals surface area contributed by atoms with Crippen LogP contribution in [-0.2, 0) is 13.1 Å². The molecule has 1 atom stereocenters. The van der Waals surface area contributed by atoms with Crippen molar-refractivity contribution in [2.24, 2.45) is 0 Å². The Morgan fingerprint density at radius 2 is 1.52 bits per heavy atom. The van der Waals surface area contributed by atoms with Crippen molar-refractivity contribution in [3.63, 3.8) is 0 Å². The predicted octanol–water partition coefficient (Wildman–Crippen LogP) is 3.61. The second kappa shape index (κ2) is 8.65. The maximum absolute atomic E-state index is 13.0. The quantitative estimate of drug-likeness (QED) is 0.807. The van der Waals surface area contributed by atoms with Crippen LogP contribution in [-0.4, -0.2) is 29.8 Å². The molecule has 2 rings (SSSR count). The number of ether oxygens (including phenoxy) is 1. The molecule has 0 aliphatic rings. The Morgan fingerprint density at radius 1 is 1.00 bits per heavy atom. The molecule has 0 aliphatic heterocycles. The minimum absolute atomic E-state index is 0.232. The number of benzene rings is 2. The number of rotatable bonds is 8. The Balaban J connectivity index is 2.07. The van der Waals surface area contributed by atoms with Gasteiger partial charge in [0.05, 0.1) is 13.2 Å². The third kappa shape index (κ3) is 5.66. The van der Waals surface area contributed by atoms with Crippen LogP contribution in [0.1, 0.15) is 24.5 Å². The van der Waals surface area contributed by atoms with Crippen LogP contribution in [0.25, 0.3) is 0 Å². The number of methoxy groups -OCH3 is 1. The van der Waals surface area contributed by atoms with Gasteiger partial charge in [-0.2, -0.15) is 0 Å². The zero-order valence-electron chi connectivity index (χ0n) is 13.7. The second-order valence-corrected chi connectivity index (χ2v) is 5.71. The van der Waals surface area contributed by atoms with Crippen molar-refractivity contribution in [3.05, 3.63) is 65.5 Å². The Morgan fingerprint density at radius 3 is 2.00 bits per heavy atom. The van der Waals surface area contributed by atoms with E-state index in [0.29, 0.717) is 19.5 Å². The van der Waals surface area contributed by atoms with Crippen molar-refractivity contribution in [2.45, 2.75) is 32.5 Å². The molecule has 0 unspecified atom stereocenters. The van der Waals surface area contributed by atoms with Crippen molar-refractivity contribution in [3.8, 4) is 5.75 Å². The van der Waals surface area contributed by atoms with E-state index in [9.17, 15) is 9.50 Å². The van der Waals surface area contributed by atoms with E-state index in [4.69, 9.17) is 4.74 Å².